The molecular formula is C12H7ClN2S2. The second-order valence-corrected chi connectivity index (χ2v) is 5.42. The topological polar surface area (TPSA) is 25.8 Å². The summed E-state index contributed by atoms with van der Waals surface area (Å²) in [6, 6.07) is 14.6. The standard InChI is InChI=1S/C12H7ClN2S2/c13-11-12(15-17-14-11)16-10-6-5-8-3-1-2-4-9(8)7-10/h1-7H. The second kappa shape index (κ2) is 4.64. The van der Waals surface area contributed by atoms with Crippen molar-refractivity contribution in [3.05, 3.63) is 47.6 Å². The van der Waals surface area contributed by atoms with Gasteiger partial charge in [-0.25, -0.2) is 0 Å². The molecule has 0 unspecified atom stereocenters. The van der Waals surface area contributed by atoms with E-state index >= 15 is 0 Å². The molecule has 0 saturated carbocycles. The fourth-order valence-corrected chi connectivity index (χ4v) is 3.22. The van der Waals surface area contributed by atoms with Crippen LogP contribution in [0.5, 0.6) is 0 Å². The summed E-state index contributed by atoms with van der Waals surface area (Å²) in [5.74, 6) is 0. The zero-order chi connectivity index (χ0) is 11.7. The Bertz CT molecular complexity index is 666. The first kappa shape index (κ1) is 11.0. The molecular weight excluding hydrogens is 272 g/mol. The lowest BCUT2D eigenvalue weighted by atomic mass is 10.1. The minimum absolute atomic E-state index is 0.480. The first-order chi connectivity index (χ1) is 8.33. The monoisotopic (exact) mass is 278 g/mol. The third kappa shape index (κ3) is 2.29. The Balaban J connectivity index is 1.99. The van der Waals surface area contributed by atoms with E-state index < -0.39 is 0 Å². The first-order valence-electron chi connectivity index (χ1n) is 4.97. The van der Waals surface area contributed by atoms with Gasteiger partial charge in [0.15, 0.2) is 10.2 Å². The molecule has 0 bridgehead atoms. The fourth-order valence-electron chi connectivity index (χ4n) is 1.57. The highest BCUT2D eigenvalue weighted by Crippen LogP contribution is 2.33. The summed E-state index contributed by atoms with van der Waals surface area (Å²) >= 11 is 8.60. The van der Waals surface area contributed by atoms with Gasteiger partial charge in [0.05, 0.1) is 11.7 Å². The number of halogens is 1. The molecule has 0 aliphatic heterocycles. The van der Waals surface area contributed by atoms with Crippen LogP contribution in [0, 0.1) is 0 Å². The van der Waals surface area contributed by atoms with Gasteiger partial charge >= 0.3 is 0 Å². The van der Waals surface area contributed by atoms with Gasteiger partial charge in [0.2, 0.25) is 0 Å². The van der Waals surface area contributed by atoms with Gasteiger partial charge in [0.25, 0.3) is 0 Å². The molecule has 0 saturated heterocycles. The van der Waals surface area contributed by atoms with Crippen molar-refractivity contribution in [1.29, 1.82) is 0 Å². The molecule has 1 aromatic heterocycles. The third-order valence-corrected chi connectivity index (χ3v) is 4.44. The van der Waals surface area contributed by atoms with Gasteiger partial charge in [-0.05, 0) is 22.9 Å². The number of hydrogen-bond acceptors (Lipinski definition) is 4. The van der Waals surface area contributed by atoms with E-state index in [2.05, 4.69) is 39.1 Å². The molecule has 3 aromatic rings. The predicted molar refractivity (Wildman–Crippen MR) is 73.0 cm³/mol. The van der Waals surface area contributed by atoms with Crippen molar-refractivity contribution in [2.45, 2.75) is 9.92 Å². The van der Waals surface area contributed by atoms with E-state index in [1.165, 1.54) is 10.8 Å². The molecule has 1 heterocycles. The normalized spacial score (nSPS) is 10.9. The zero-order valence-electron chi connectivity index (χ0n) is 8.63. The summed E-state index contributed by atoms with van der Waals surface area (Å²) in [5.41, 5.74) is 0. The molecule has 0 fully saturated rings. The van der Waals surface area contributed by atoms with E-state index in [4.69, 9.17) is 11.6 Å². The predicted octanol–water partition coefficient (Wildman–Crippen LogP) is 4.50. The Kier molecular flexibility index (Phi) is 3.01. The van der Waals surface area contributed by atoms with E-state index in [0.717, 1.165) is 21.6 Å². The van der Waals surface area contributed by atoms with E-state index in [0.29, 0.717) is 5.15 Å². The maximum atomic E-state index is 5.92. The van der Waals surface area contributed by atoms with Gasteiger partial charge in [-0.1, -0.05) is 53.7 Å². The van der Waals surface area contributed by atoms with Gasteiger partial charge in [-0.15, -0.1) is 0 Å². The molecule has 3 rings (SSSR count). The van der Waals surface area contributed by atoms with Crippen molar-refractivity contribution < 1.29 is 0 Å². The van der Waals surface area contributed by atoms with E-state index in [-0.39, 0.29) is 0 Å². The van der Waals surface area contributed by atoms with Crippen LogP contribution in [-0.2, 0) is 0 Å². The average Bonchev–Trinajstić information content (AvgIpc) is 2.75. The Morgan fingerprint density at radius 1 is 1.00 bits per heavy atom. The Labute approximate surface area is 112 Å². The van der Waals surface area contributed by atoms with Crippen LogP contribution in [0.15, 0.2) is 52.4 Å². The molecule has 0 aliphatic carbocycles. The summed E-state index contributed by atoms with van der Waals surface area (Å²) in [6.07, 6.45) is 0. The molecule has 2 aromatic carbocycles. The van der Waals surface area contributed by atoms with Crippen molar-refractivity contribution in [2.75, 3.05) is 0 Å². The number of nitrogens with zero attached hydrogens (tertiary/aromatic N) is 2. The van der Waals surface area contributed by atoms with Crippen LogP contribution in [0.3, 0.4) is 0 Å². The van der Waals surface area contributed by atoms with Crippen molar-refractivity contribution in [3.63, 3.8) is 0 Å². The molecule has 0 N–H and O–H groups in total. The minimum atomic E-state index is 0.480. The SMILES string of the molecule is Clc1nsnc1Sc1ccc2ccccc2c1. The molecule has 5 heteroatoms. The number of hydrogen-bond donors (Lipinski definition) is 0. The summed E-state index contributed by atoms with van der Waals surface area (Å²) in [7, 11) is 0. The molecule has 0 spiro atoms. The van der Waals surface area contributed by atoms with Crippen LogP contribution in [0.2, 0.25) is 5.15 Å². The lowest BCUT2D eigenvalue weighted by Gasteiger charge is -2.01. The molecule has 0 aliphatic rings. The van der Waals surface area contributed by atoms with Gasteiger partial charge < -0.3 is 0 Å². The maximum absolute atomic E-state index is 5.92. The lowest BCUT2D eigenvalue weighted by Crippen LogP contribution is -1.76. The third-order valence-electron chi connectivity index (χ3n) is 2.36. The Morgan fingerprint density at radius 2 is 1.82 bits per heavy atom. The molecule has 84 valence electrons. The Morgan fingerprint density at radius 3 is 2.59 bits per heavy atom. The number of aromatic nitrogens is 2. The summed E-state index contributed by atoms with van der Waals surface area (Å²) in [5, 5.41) is 3.70. The molecule has 17 heavy (non-hydrogen) atoms. The summed E-state index contributed by atoms with van der Waals surface area (Å²) in [4.78, 5) is 1.12. The first-order valence-corrected chi connectivity index (χ1v) is 6.90. The largest absolute Gasteiger partial charge is 0.177 e. The van der Waals surface area contributed by atoms with Crippen LogP contribution in [0.25, 0.3) is 10.8 Å². The molecule has 0 radical (unpaired) electrons. The fraction of sp³-hybridized carbons (Fsp3) is 0. The maximum Gasteiger partial charge on any atom is 0.177 e. The Hall–Kier alpha value is -1.10. The highest BCUT2D eigenvalue weighted by atomic mass is 35.5. The number of benzene rings is 2. The minimum Gasteiger partial charge on any atom is -0.164 e. The average molecular weight is 279 g/mol. The van der Waals surface area contributed by atoms with Crippen LogP contribution in [-0.4, -0.2) is 8.75 Å². The molecule has 0 amide bonds. The highest BCUT2D eigenvalue weighted by Gasteiger charge is 2.07. The van der Waals surface area contributed by atoms with Crippen LogP contribution in [0.4, 0.5) is 0 Å². The highest BCUT2D eigenvalue weighted by molar-refractivity contribution is 7.99. The smallest absolute Gasteiger partial charge is 0.164 e. The second-order valence-electron chi connectivity index (χ2n) is 3.47. The zero-order valence-corrected chi connectivity index (χ0v) is 11.0. The number of fused-ring (bicyclic) bond motifs is 1. The lowest BCUT2D eigenvalue weighted by molar-refractivity contribution is 1.26. The van der Waals surface area contributed by atoms with Gasteiger partial charge in [-0.3, -0.25) is 0 Å². The summed E-state index contributed by atoms with van der Waals surface area (Å²) in [6.45, 7) is 0. The molecule has 0 atom stereocenters. The van der Waals surface area contributed by atoms with Gasteiger partial charge in [0.1, 0.15) is 0 Å². The summed E-state index contributed by atoms with van der Waals surface area (Å²) < 4.78 is 8.10. The quantitative estimate of drug-likeness (QED) is 0.690. The number of rotatable bonds is 2. The van der Waals surface area contributed by atoms with Crippen molar-refractivity contribution in [3.8, 4) is 0 Å². The van der Waals surface area contributed by atoms with E-state index in [9.17, 15) is 0 Å². The van der Waals surface area contributed by atoms with Gasteiger partial charge in [-0.2, -0.15) is 8.75 Å². The van der Waals surface area contributed by atoms with Crippen molar-refractivity contribution in [1.82, 2.24) is 8.75 Å². The van der Waals surface area contributed by atoms with Crippen LogP contribution in [0.1, 0.15) is 0 Å². The van der Waals surface area contributed by atoms with Crippen molar-refractivity contribution in [2.24, 2.45) is 0 Å². The van der Waals surface area contributed by atoms with Crippen LogP contribution >= 0.6 is 35.1 Å². The van der Waals surface area contributed by atoms with E-state index in [1.54, 1.807) is 11.8 Å². The molecule has 2 nitrogen and oxygen atoms in total. The van der Waals surface area contributed by atoms with E-state index in [1.807, 2.05) is 12.1 Å². The van der Waals surface area contributed by atoms with Crippen molar-refractivity contribution >= 4 is 45.9 Å². The van der Waals surface area contributed by atoms with Crippen LogP contribution < -0.4 is 0 Å². The van der Waals surface area contributed by atoms with Gasteiger partial charge in [0, 0.05) is 4.90 Å².